The normalized spacial score (nSPS) is 11.8. The van der Waals surface area contributed by atoms with Crippen molar-refractivity contribution in [1.29, 1.82) is 0 Å². The van der Waals surface area contributed by atoms with Gasteiger partial charge in [0.25, 0.3) is 0 Å². The van der Waals surface area contributed by atoms with Crippen LogP contribution in [0, 0.1) is 12.7 Å². The second-order valence-electron chi connectivity index (χ2n) is 5.39. The average molecular weight is 259 g/mol. The van der Waals surface area contributed by atoms with E-state index in [1.807, 2.05) is 6.92 Å². The molecule has 1 aromatic carbocycles. The van der Waals surface area contributed by atoms with Gasteiger partial charge in [0.1, 0.15) is 21.7 Å². The molecule has 0 unspecified atom stereocenters. The van der Waals surface area contributed by atoms with E-state index in [-0.39, 0.29) is 5.82 Å². The van der Waals surface area contributed by atoms with Crippen molar-refractivity contribution < 1.29 is 4.39 Å². The minimum Gasteiger partial charge on any atom is -0.219 e. The summed E-state index contributed by atoms with van der Waals surface area (Å²) in [7, 11) is 4.31. The number of hydrogen-bond acceptors (Lipinski definition) is 2. The summed E-state index contributed by atoms with van der Waals surface area (Å²) in [5.41, 5.74) is 1.97. The lowest BCUT2D eigenvalue weighted by molar-refractivity contribution is 0.625. The van der Waals surface area contributed by atoms with Crippen LogP contribution in [0.25, 0.3) is 5.69 Å². The molecule has 0 amide bonds. The largest absolute Gasteiger partial charge is 0.219 e. The van der Waals surface area contributed by atoms with Crippen LogP contribution in [0.1, 0.15) is 5.69 Å². The van der Waals surface area contributed by atoms with E-state index in [1.165, 1.54) is 12.1 Å². The Morgan fingerprint density at radius 2 is 1.94 bits per heavy atom. The van der Waals surface area contributed by atoms with Crippen LogP contribution in [0.3, 0.4) is 0 Å². The van der Waals surface area contributed by atoms with Gasteiger partial charge in [0.15, 0.2) is 0 Å². The van der Waals surface area contributed by atoms with E-state index >= 15 is 0 Å². The van der Waals surface area contributed by atoms with Crippen LogP contribution in [0.5, 0.6) is 0 Å². The molecule has 0 bridgehead atoms. The van der Waals surface area contributed by atoms with Gasteiger partial charge in [-0.15, -0.1) is 5.10 Å². The smallest absolute Gasteiger partial charge is 0.125 e. The van der Waals surface area contributed by atoms with E-state index in [0.717, 1.165) is 11.0 Å². The zero-order chi connectivity index (χ0) is 13.5. The summed E-state index contributed by atoms with van der Waals surface area (Å²) in [4.78, 5) is 0. The third-order valence-electron chi connectivity index (χ3n) is 2.83. The summed E-state index contributed by atoms with van der Waals surface area (Å²) in [5.74, 6) is -0.330. The third-order valence-corrected chi connectivity index (χ3v) is 4.71. The van der Waals surface area contributed by atoms with Crippen molar-refractivity contribution in [2.24, 2.45) is 0 Å². The van der Waals surface area contributed by atoms with E-state index in [0.29, 0.717) is 11.2 Å². The highest BCUT2D eigenvalue weighted by Gasteiger charge is 2.24. The Morgan fingerprint density at radius 3 is 2.50 bits per heavy atom. The number of benzene rings is 1. The summed E-state index contributed by atoms with van der Waals surface area (Å²) < 4.78 is 14.9. The van der Waals surface area contributed by atoms with Gasteiger partial charge in [0, 0.05) is 0 Å². The van der Waals surface area contributed by atoms with Gasteiger partial charge in [-0.1, -0.05) is 36.4 Å². The van der Waals surface area contributed by atoms with Crippen molar-refractivity contribution in [1.82, 2.24) is 15.0 Å². The Balaban J connectivity index is 2.59. The Labute approximate surface area is 108 Å². The van der Waals surface area contributed by atoms with Crippen LogP contribution in [0.4, 0.5) is 4.39 Å². The van der Waals surface area contributed by atoms with Crippen LogP contribution in [-0.4, -0.2) is 30.9 Å². The fourth-order valence-corrected chi connectivity index (χ4v) is 3.49. The molecule has 1 heterocycles. The molecule has 0 fully saturated rings. The number of rotatable bonds is 2. The molecular formula is C12H15BFN3Si. The van der Waals surface area contributed by atoms with Gasteiger partial charge in [0.2, 0.25) is 0 Å². The molecule has 2 rings (SSSR count). The fourth-order valence-electron chi connectivity index (χ4n) is 1.95. The highest BCUT2D eigenvalue weighted by Crippen LogP contribution is 2.10. The minimum atomic E-state index is -1.55. The van der Waals surface area contributed by atoms with Gasteiger partial charge in [-0.25, -0.2) is 9.07 Å². The molecule has 18 heavy (non-hydrogen) atoms. The molecular weight excluding hydrogens is 244 g/mol. The average Bonchev–Trinajstić information content (AvgIpc) is 2.63. The second-order valence-corrected chi connectivity index (χ2v) is 10.4. The van der Waals surface area contributed by atoms with Crippen LogP contribution in [0.15, 0.2) is 18.2 Å². The first-order chi connectivity index (χ1) is 8.30. The maximum absolute atomic E-state index is 13.3. The summed E-state index contributed by atoms with van der Waals surface area (Å²) >= 11 is 0. The van der Waals surface area contributed by atoms with Gasteiger partial charge in [0.05, 0.1) is 16.7 Å². The maximum atomic E-state index is 13.3. The molecule has 0 spiro atoms. The monoisotopic (exact) mass is 259 g/mol. The summed E-state index contributed by atoms with van der Waals surface area (Å²) in [5, 5.41) is 9.36. The SMILES string of the molecule is [B]c1ccc(F)cc1-n1nnc([Si](C)(C)C)c1C. The van der Waals surface area contributed by atoms with E-state index in [4.69, 9.17) is 7.85 Å². The Kier molecular flexibility index (Phi) is 3.14. The number of nitrogens with zero attached hydrogens (tertiary/aromatic N) is 3. The van der Waals surface area contributed by atoms with Crippen LogP contribution < -0.4 is 10.8 Å². The summed E-state index contributed by atoms with van der Waals surface area (Å²) in [6.07, 6.45) is 0. The van der Waals surface area contributed by atoms with Crippen LogP contribution in [-0.2, 0) is 0 Å². The van der Waals surface area contributed by atoms with Crippen molar-refractivity contribution in [2.45, 2.75) is 26.6 Å². The highest BCUT2D eigenvalue weighted by molar-refractivity contribution is 6.88. The van der Waals surface area contributed by atoms with Crippen molar-refractivity contribution in [3.63, 3.8) is 0 Å². The lowest BCUT2D eigenvalue weighted by atomic mass is 9.94. The maximum Gasteiger partial charge on any atom is 0.125 e. The van der Waals surface area contributed by atoms with Gasteiger partial charge in [-0.05, 0) is 19.1 Å². The molecule has 6 heteroatoms. The summed E-state index contributed by atoms with van der Waals surface area (Å²) in [6.45, 7) is 8.54. The zero-order valence-corrected chi connectivity index (χ0v) is 12.0. The second kappa shape index (κ2) is 4.35. The van der Waals surface area contributed by atoms with Crippen molar-refractivity contribution in [2.75, 3.05) is 0 Å². The topological polar surface area (TPSA) is 30.7 Å². The Hall–Kier alpha value is -1.43. The highest BCUT2D eigenvalue weighted by atomic mass is 28.3. The molecule has 0 atom stereocenters. The van der Waals surface area contributed by atoms with Gasteiger partial charge in [-0.2, -0.15) is 0 Å². The Bertz CT molecular complexity index is 589. The third kappa shape index (κ3) is 2.25. The molecule has 0 aliphatic rings. The molecule has 0 aliphatic carbocycles. The van der Waals surface area contributed by atoms with Crippen molar-refractivity contribution in [3.8, 4) is 5.69 Å². The molecule has 0 aliphatic heterocycles. The molecule has 1 aromatic heterocycles. The van der Waals surface area contributed by atoms with Gasteiger partial charge < -0.3 is 0 Å². The van der Waals surface area contributed by atoms with Gasteiger partial charge in [-0.3, -0.25) is 0 Å². The van der Waals surface area contributed by atoms with Gasteiger partial charge >= 0.3 is 0 Å². The molecule has 0 saturated heterocycles. The molecule has 3 nitrogen and oxygen atoms in total. The van der Waals surface area contributed by atoms with Crippen LogP contribution in [0.2, 0.25) is 19.6 Å². The molecule has 92 valence electrons. The van der Waals surface area contributed by atoms with E-state index in [1.54, 1.807) is 10.7 Å². The minimum absolute atomic E-state index is 0.330. The number of halogens is 1. The van der Waals surface area contributed by atoms with Crippen LogP contribution >= 0.6 is 0 Å². The quantitative estimate of drug-likeness (QED) is 0.755. The predicted molar refractivity (Wildman–Crippen MR) is 74.4 cm³/mol. The molecule has 2 aromatic rings. The standard InChI is InChI=1S/C12H15BFN3Si/c1-8-12(18(2,3)4)15-16-17(8)11-7-9(14)5-6-10(11)13/h5-7H,1-4H3. The van der Waals surface area contributed by atoms with Crippen molar-refractivity contribution >= 4 is 26.7 Å². The molecule has 0 saturated carbocycles. The first-order valence-corrected chi connectivity index (χ1v) is 9.29. The molecule has 2 radical (unpaired) electrons. The first-order valence-electron chi connectivity index (χ1n) is 5.79. The van der Waals surface area contributed by atoms with Crippen molar-refractivity contribution in [3.05, 3.63) is 29.7 Å². The number of hydrogen-bond donors (Lipinski definition) is 0. The zero-order valence-electron chi connectivity index (χ0n) is 11.0. The lowest BCUT2D eigenvalue weighted by Crippen LogP contribution is -2.40. The van der Waals surface area contributed by atoms with E-state index < -0.39 is 8.07 Å². The van der Waals surface area contributed by atoms with E-state index in [2.05, 4.69) is 30.0 Å². The fraction of sp³-hybridized carbons (Fsp3) is 0.333. The Morgan fingerprint density at radius 1 is 1.28 bits per heavy atom. The predicted octanol–water partition coefficient (Wildman–Crippen LogP) is 1.05. The van der Waals surface area contributed by atoms with E-state index in [9.17, 15) is 4.39 Å². The number of aromatic nitrogens is 3. The first kappa shape index (κ1) is 13.0. The summed E-state index contributed by atoms with van der Waals surface area (Å²) in [6, 6.07) is 4.26. The lowest BCUT2D eigenvalue weighted by Gasteiger charge is -2.14. The molecule has 0 N–H and O–H groups in total.